The molecule has 0 spiro atoms. The smallest absolute Gasteiger partial charge is 0.194 e. The molecule has 0 unspecified atom stereocenters. The summed E-state index contributed by atoms with van der Waals surface area (Å²) in [6.45, 7) is 0. The highest BCUT2D eigenvalue weighted by molar-refractivity contribution is 7.18. The molecule has 0 N–H and O–H groups in total. The zero-order valence-electron chi connectivity index (χ0n) is 17.5. The van der Waals surface area contributed by atoms with Crippen LogP contribution in [-0.4, -0.2) is 24.2 Å². The van der Waals surface area contributed by atoms with Gasteiger partial charge in [-0.15, -0.1) is 11.3 Å². The quantitative estimate of drug-likeness (QED) is 0.258. The molecule has 202 valence electrons. The van der Waals surface area contributed by atoms with E-state index >= 15 is 0 Å². The summed E-state index contributed by atoms with van der Waals surface area (Å²) in [5.74, 6) is -23.8. The minimum absolute atomic E-state index is 0.0964. The second-order valence-corrected chi connectivity index (χ2v) is 8.70. The molecule has 1 heterocycles. The van der Waals surface area contributed by atoms with Crippen molar-refractivity contribution in [2.75, 3.05) is 0 Å². The summed E-state index contributed by atoms with van der Waals surface area (Å²) in [5, 5.41) is 0. The van der Waals surface area contributed by atoms with E-state index in [1.807, 2.05) is 0 Å². The first-order chi connectivity index (χ1) is 16.6. The van der Waals surface area contributed by atoms with Gasteiger partial charge in [-0.1, -0.05) is 48.5 Å². The Morgan fingerprint density at radius 2 is 0.649 bits per heavy atom. The molecule has 3 aromatic rings. The second kappa shape index (κ2) is 8.88. The molecule has 1 aromatic heterocycles. The Bertz CT molecular complexity index is 1140. The zero-order chi connectivity index (χ0) is 28.2. The van der Waals surface area contributed by atoms with Crippen LogP contribution in [0, 0.1) is 0 Å². The fraction of sp³-hybridized carbons (Fsp3) is 0.273. The van der Waals surface area contributed by atoms with Crippen molar-refractivity contribution < 1.29 is 61.5 Å². The van der Waals surface area contributed by atoms with Crippen molar-refractivity contribution in [2.24, 2.45) is 0 Å². The van der Waals surface area contributed by atoms with Crippen molar-refractivity contribution in [3.05, 3.63) is 71.8 Å². The van der Waals surface area contributed by atoms with Gasteiger partial charge < -0.3 is 0 Å². The van der Waals surface area contributed by atoms with E-state index in [0.29, 0.717) is 24.3 Å². The molecule has 0 aliphatic heterocycles. The number of benzene rings is 2. The largest absolute Gasteiger partial charge is 0.460 e. The zero-order valence-corrected chi connectivity index (χ0v) is 18.3. The van der Waals surface area contributed by atoms with Gasteiger partial charge in [0.05, 0.1) is 0 Å². The van der Waals surface area contributed by atoms with Gasteiger partial charge >= 0.3 is 36.0 Å². The molecule has 0 atom stereocenters. The van der Waals surface area contributed by atoms with Gasteiger partial charge in [0.15, 0.2) is 0 Å². The maximum atomic E-state index is 13.8. The number of halogens is 14. The van der Waals surface area contributed by atoms with Crippen LogP contribution in [0.25, 0.3) is 20.9 Å². The molecule has 0 nitrogen and oxygen atoms in total. The van der Waals surface area contributed by atoms with Gasteiger partial charge in [0, 0.05) is 20.9 Å². The summed E-state index contributed by atoms with van der Waals surface area (Å²) in [6, 6.07) is 7.52. The summed E-state index contributed by atoms with van der Waals surface area (Å²) in [6.07, 6.45) is -13.0. The fourth-order valence-electron chi connectivity index (χ4n) is 3.05. The number of rotatable bonds is 6. The van der Waals surface area contributed by atoms with E-state index in [0.717, 1.165) is 35.6 Å². The minimum Gasteiger partial charge on any atom is -0.194 e. The summed E-state index contributed by atoms with van der Waals surface area (Å²) in [4.78, 5) is 0.510. The lowest BCUT2D eigenvalue weighted by Gasteiger charge is -2.28. The number of hydrogen-bond acceptors (Lipinski definition) is 1. The Morgan fingerprint density at radius 3 is 0.892 bits per heavy atom. The maximum Gasteiger partial charge on any atom is 0.460 e. The van der Waals surface area contributed by atoms with E-state index in [1.165, 1.54) is 12.1 Å². The number of alkyl halides is 14. The van der Waals surface area contributed by atoms with Crippen molar-refractivity contribution in [2.45, 2.75) is 36.0 Å². The molecule has 0 fully saturated rings. The maximum absolute atomic E-state index is 13.8. The average molecular weight is 572 g/mol. The molecule has 0 saturated carbocycles. The first kappa shape index (κ1) is 28.7. The lowest BCUT2D eigenvalue weighted by molar-refractivity contribution is -0.359. The molecule has 2 aromatic carbocycles. The molecule has 0 radical (unpaired) electrons. The van der Waals surface area contributed by atoms with E-state index in [1.54, 1.807) is 0 Å². The highest BCUT2D eigenvalue weighted by Gasteiger charge is 2.74. The van der Waals surface area contributed by atoms with Crippen LogP contribution in [0.4, 0.5) is 61.5 Å². The summed E-state index contributed by atoms with van der Waals surface area (Å²) in [7, 11) is 0. The predicted molar refractivity (Wildman–Crippen MR) is 105 cm³/mol. The first-order valence-electron chi connectivity index (χ1n) is 9.61. The Hall–Kier alpha value is -2.84. The lowest BCUT2D eigenvalue weighted by Crippen LogP contribution is -2.49. The monoisotopic (exact) mass is 572 g/mol. The van der Waals surface area contributed by atoms with Gasteiger partial charge in [-0.25, -0.2) is 0 Å². The van der Waals surface area contributed by atoms with Gasteiger partial charge in [-0.3, -0.25) is 0 Å². The molecular formula is C22H10F14S. The second-order valence-electron chi connectivity index (χ2n) is 7.61. The third-order valence-electron chi connectivity index (χ3n) is 5.17. The SMILES string of the molecule is FC(F)(F)C(F)(F)C(F)(F)c1ccc(-c2ccc(-c3ccc(C(F)(F)C(F)(F)C(F)(F)F)cc3)s2)cc1. The Labute approximate surface area is 202 Å². The van der Waals surface area contributed by atoms with Crippen LogP contribution in [0.5, 0.6) is 0 Å². The summed E-state index contributed by atoms with van der Waals surface area (Å²) >= 11 is 0.854. The molecule has 37 heavy (non-hydrogen) atoms. The Kier molecular flexibility index (Phi) is 6.89. The predicted octanol–water partition coefficient (Wildman–Crippen LogP) is 9.66. The van der Waals surface area contributed by atoms with Crippen LogP contribution < -0.4 is 0 Å². The van der Waals surface area contributed by atoms with E-state index in [2.05, 4.69) is 0 Å². The number of thiophene rings is 1. The molecule has 0 saturated heterocycles. The molecule has 15 heteroatoms. The van der Waals surface area contributed by atoms with E-state index in [-0.39, 0.29) is 20.9 Å². The average Bonchev–Trinajstić information content (AvgIpc) is 3.28. The standard InChI is InChI=1S/C22H10F14S/c23-17(24,19(27,28)21(31,32)33)13-5-1-11(2-6-13)15-9-10-16(37-15)12-3-7-14(8-4-12)18(25,26)20(29,30)22(34,35)36/h1-10H. The fourth-order valence-corrected chi connectivity index (χ4v) is 4.07. The van der Waals surface area contributed by atoms with E-state index in [4.69, 9.17) is 0 Å². The van der Waals surface area contributed by atoms with Crippen molar-refractivity contribution in [3.8, 4) is 20.9 Å². The topological polar surface area (TPSA) is 0 Å². The first-order valence-corrected chi connectivity index (χ1v) is 10.4. The van der Waals surface area contributed by atoms with Crippen molar-refractivity contribution in [1.82, 2.24) is 0 Å². The summed E-state index contributed by atoms with van der Waals surface area (Å²) < 4.78 is 182. The molecule has 0 amide bonds. The van der Waals surface area contributed by atoms with Crippen LogP contribution in [-0.2, 0) is 11.8 Å². The lowest BCUT2D eigenvalue weighted by atomic mass is 9.99. The van der Waals surface area contributed by atoms with Crippen LogP contribution in [0.1, 0.15) is 11.1 Å². The highest BCUT2D eigenvalue weighted by Crippen LogP contribution is 2.53. The van der Waals surface area contributed by atoms with Crippen LogP contribution in [0.15, 0.2) is 60.7 Å². The summed E-state index contributed by atoms with van der Waals surface area (Å²) in [5.41, 5.74) is -3.02. The minimum atomic E-state index is -6.51. The Balaban J connectivity index is 1.85. The van der Waals surface area contributed by atoms with Gasteiger partial charge in [0.25, 0.3) is 0 Å². The van der Waals surface area contributed by atoms with Crippen molar-refractivity contribution in [3.63, 3.8) is 0 Å². The van der Waals surface area contributed by atoms with Crippen molar-refractivity contribution in [1.29, 1.82) is 0 Å². The van der Waals surface area contributed by atoms with Gasteiger partial charge in [0.1, 0.15) is 0 Å². The van der Waals surface area contributed by atoms with E-state index < -0.39 is 47.2 Å². The third-order valence-corrected chi connectivity index (χ3v) is 6.35. The van der Waals surface area contributed by atoms with Gasteiger partial charge in [-0.2, -0.15) is 61.5 Å². The molecule has 0 bridgehead atoms. The van der Waals surface area contributed by atoms with Crippen LogP contribution in [0.3, 0.4) is 0 Å². The normalized spacial score (nSPS) is 14.2. The van der Waals surface area contributed by atoms with Crippen molar-refractivity contribution >= 4 is 11.3 Å². The molecule has 0 aliphatic carbocycles. The number of hydrogen-bond donors (Lipinski definition) is 0. The molecule has 0 aliphatic rings. The van der Waals surface area contributed by atoms with Gasteiger partial charge in [-0.05, 0) is 23.3 Å². The van der Waals surface area contributed by atoms with E-state index in [9.17, 15) is 61.5 Å². The molecule has 3 rings (SSSR count). The van der Waals surface area contributed by atoms with Crippen LogP contribution >= 0.6 is 11.3 Å². The van der Waals surface area contributed by atoms with Gasteiger partial charge in [0.2, 0.25) is 0 Å². The Morgan fingerprint density at radius 1 is 0.378 bits per heavy atom. The highest BCUT2D eigenvalue weighted by atomic mass is 32.1. The molecular weight excluding hydrogens is 562 g/mol. The van der Waals surface area contributed by atoms with Crippen LogP contribution in [0.2, 0.25) is 0 Å². The third kappa shape index (κ3) is 4.77.